The van der Waals surface area contributed by atoms with E-state index < -0.39 is 17.9 Å². The standard InChI is InChI=1S/C19H19F4NO2/c1-12(24-10-14-5-6-16(20)9-15(14)11-24)2-3-13-4-7-17(25)18(8-13)26-19(21,22)23/h4-9,12,25H,2-3,10-11H2,1H3/t12-/m1/s1. The van der Waals surface area contributed by atoms with Gasteiger partial charge >= 0.3 is 6.36 Å². The Kier molecular flexibility index (Phi) is 5.09. The molecule has 1 aliphatic rings. The summed E-state index contributed by atoms with van der Waals surface area (Å²) in [6, 6.07) is 8.96. The van der Waals surface area contributed by atoms with E-state index in [1.54, 1.807) is 18.2 Å². The highest BCUT2D eigenvalue weighted by atomic mass is 19.4. The van der Waals surface area contributed by atoms with Gasteiger partial charge in [-0.2, -0.15) is 0 Å². The zero-order chi connectivity index (χ0) is 18.9. The lowest BCUT2D eigenvalue weighted by Gasteiger charge is -2.24. The van der Waals surface area contributed by atoms with Gasteiger partial charge in [-0.3, -0.25) is 4.90 Å². The molecule has 0 radical (unpaired) electrons. The van der Waals surface area contributed by atoms with Crippen molar-refractivity contribution >= 4 is 0 Å². The molecule has 0 bridgehead atoms. The molecule has 3 rings (SSSR count). The number of phenols is 1. The van der Waals surface area contributed by atoms with Crippen molar-refractivity contribution in [3.05, 3.63) is 58.9 Å². The molecule has 0 amide bonds. The fraction of sp³-hybridized carbons (Fsp3) is 0.368. The maximum atomic E-state index is 13.3. The molecule has 0 fully saturated rings. The van der Waals surface area contributed by atoms with Crippen molar-refractivity contribution < 1.29 is 27.4 Å². The number of nitrogens with zero attached hydrogens (tertiary/aromatic N) is 1. The number of aromatic hydroxyl groups is 1. The van der Waals surface area contributed by atoms with Crippen LogP contribution in [-0.4, -0.2) is 22.4 Å². The van der Waals surface area contributed by atoms with Crippen LogP contribution in [0.25, 0.3) is 0 Å². The van der Waals surface area contributed by atoms with Gasteiger partial charge in [0, 0.05) is 19.1 Å². The van der Waals surface area contributed by atoms with Gasteiger partial charge in [-0.05, 0) is 60.7 Å². The van der Waals surface area contributed by atoms with E-state index in [0.717, 1.165) is 17.7 Å². The first kappa shape index (κ1) is 18.5. The van der Waals surface area contributed by atoms with E-state index in [-0.39, 0.29) is 11.9 Å². The highest BCUT2D eigenvalue weighted by Gasteiger charge is 2.32. The Hall–Kier alpha value is -2.28. The second-order valence-electron chi connectivity index (χ2n) is 6.56. The minimum Gasteiger partial charge on any atom is -0.504 e. The van der Waals surface area contributed by atoms with Crippen LogP contribution in [-0.2, 0) is 19.5 Å². The summed E-state index contributed by atoms with van der Waals surface area (Å²) in [6.07, 6.45) is -3.59. The molecule has 2 aromatic rings. The van der Waals surface area contributed by atoms with E-state index in [2.05, 4.69) is 9.64 Å². The first-order valence-electron chi connectivity index (χ1n) is 8.30. The molecule has 0 spiro atoms. The Morgan fingerprint density at radius 1 is 1.12 bits per heavy atom. The topological polar surface area (TPSA) is 32.7 Å². The molecule has 1 heterocycles. The number of alkyl halides is 3. The molecule has 7 heteroatoms. The summed E-state index contributed by atoms with van der Waals surface area (Å²) in [5, 5.41) is 9.51. The van der Waals surface area contributed by atoms with Gasteiger partial charge < -0.3 is 9.84 Å². The van der Waals surface area contributed by atoms with Crippen LogP contribution in [0.2, 0.25) is 0 Å². The number of ether oxygens (including phenoxy) is 1. The third kappa shape index (κ3) is 4.46. The number of hydrogen-bond acceptors (Lipinski definition) is 3. The molecule has 0 unspecified atom stereocenters. The van der Waals surface area contributed by atoms with Crippen LogP contribution >= 0.6 is 0 Å². The summed E-state index contributed by atoms with van der Waals surface area (Å²) in [6.45, 7) is 3.43. The number of phenolic OH excluding ortho intramolecular Hbond substituents is 1. The van der Waals surface area contributed by atoms with E-state index in [1.165, 1.54) is 18.2 Å². The van der Waals surface area contributed by atoms with Gasteiger partial charge in [0.05, 0.1) is 0 Å². The Morgan fingerprint density at radius 3 is 2.58 bits per heavy atom. The van der Waals surface area contributed by atoms with Crippen LogP contribution in [0.15, 0.2) is 36.4 Å². The first-order valence-corrected chi connectivity index (χ1v) is 8.30. The van der Waals surface area contributed by atoms with Crippen LogP contribution in [0.3, 0.4) is 0 Å². The average molecular weight is 369 g/mol. The molecule has 1 aliphatic heterocycles. The predicted octanol–water partition coefficient (Wildman–Crippen LogP) is 4.77. The molecule has 3 nitrogen and oxygen atoms in total. The minimum atomic E-state index is -4.85. The Labute approximate surface area is 148 Å². The number of hydrogen-bond donors (Lipinski definition) is 1. The van der Waals surface area contributed by atoms with Gasteiger partial charge in [-0.15, -0.1) is 13.2 Å². The van der Waals surface area contributed by atoms with Gasteiger partial charge in [-0.1, -0.05) is 12.1 Å². The van der Waals surface area contributed by atoms with Crippen molar-refractivity contribution in [2.24, 2.45) is 0 Å². The van der Waals surface area contributed by atoms with E-state index in [1.807, 2.05) is 6.92 Å². The van der Waals surface area contributed by atoms with Gasteiger partial charge in [0.15, 0.2) is 11.5 Å². The molecular formula is C19H19F4NO2. The fourth-order valence-corrected chi connectivity index (χ4v) is 3.18. The molecule has 0 saturated heterocycles. The highest BCUT2D eigenvalue weighted by molar-refractivity contribution is 5.42. The van der Waals surface area contributed by atoms with Gasteiger partial charge in [0.2, 0.25) is 0 Å². The molecule has 1 N–H and O–H groups in total. The summed E-state index contributed by atoms with van der Waals surface area (Å²) < 4.78 is 54.2. The van der Waals surface area contributed by atoms with Crippen molar-refractivity contribution in [3.8, 4) is 11.5 Å². The molecule has 140 valence electrons. The lowest BCUT2D eigenvalue weighted by molar-refractivity contribution is -0.275. The number of aryl methyl sites for hydroxylation is 1. The number of halogens is 4. The summed E-state index contributed by atoms with van der Waals surface area (Å²) in [5.41, 5.74) is 2.72. The van der Waals surface area contributed by atoms with E-state index in [4.69, 9.17) is 0 Å². The zero-order valence-corrected chi connectivity index (χ0v) is 14.2. The molecule has 26 heavy (non-hydrogen) atoms. The maximum absolute atomic E-state index is 13.3. The molecule has 0 aromatic heterocycles. The van der Waals surface area contributed by atoms with Crippen LogP contribution in [0.5, 0.6) is 11.5 Å². The average Bonchev–Trinajstić information content (AvgIpc) is 2.97. The molecule has 1 atom stereocenters. The largest absolute Gasteiger partial charge is 0.573 e. The van der Waals surface area contributed by atoms with Crippen molar-refractivity contribution in [3.63, 3.8) is 0 Å². The van der Waals surface area contributed by atoms with Crippen molar-refractivity contribution in [1.29, 1.82) is 0 Å². The fourth-order valence-electron chi connectivity index (χ4n) is 3.18. The minimum absolute atomic E-state index is 0.172. The quantitative estimate of drug-likeness (QED) is 0.771. The molecular weight excluding hydrogens is 350 g/mol. The van der Waals surface area contributed by atoms with E-state index in [9.17, 15) is 22.7 Å². The van der Waals surface area contributed by atoms with E-state index >= 15 is 0 Å². The SMILES string of the molecule is C[C@H](CCc1ccc(O)c(OC(F)(F)F)c1)N1Cc2ccc(F)cc2C1. The Morgan fingerprint density at radius 2 is 1.85 bits per heavy atom. The van der Waals surface area contributed by atoms with Crippen LogP contribution in [0.4, 0.5) is 17.6 Å². The third-order valence-corrected chi connectivity index (χ3v) is 4.64. The summed E-state index contributed by atoms with van der Waals surface area (Å²) in [4.78, 5) is 2.21. The van der Waals surface area contributed by atoms with Gasteiger partial charge in [0.25, 0.3) is 0 Å². The van der Waals surface area contributed by atoms with Crippen LogP contribution in [0, 0.1) is 5.82 Å². The molecule has 2 aromatic carbocycles. The van der Waals surface area contributed by atoms with Crippen LogP contribution in [0.1, 0.15) is 30.0 Å². The summed E-state index contributed by atoms with van der Waals surface area (Å²) in [7, 11) is 0. The highest BCUT2D eigenvalue weighted by Crippen LogP contribution is 2.33. The summed E-state index contributed by atoms with van der Waals surface area (Å²) >= 11 is 0. The second kappa shape index (κ2) is 7.15. The van der Waals surface area contributed by atoms with Crippen molar-refractivity contribution in [2.75, 3.05) is 0 Å². The monoisotopic (exact) mass is 369 g/mol. The van der Waals surface area contributed by atoms with Crippen LogP contribution < -0.4 is 4.74 Å². The maximum Gasteiger partial charge on any atom is 0.573 e. The second-order valence-corrected chi connectivity index (χ2v) is 6.56. The Balaban J connectivity index is 1.60. The van der Waals surface area contributed by atoms with E-state index in [0.29, 0.717) is 24.9 Å². The van der Waals surface area contributed by atoms with Gasteiger partial charge in [-0.25, -0.2) is 4.39 Å². The number of fused-ring (bicyclic) bond motifs is 1. The molecule has 0 saturated carbocycles. The normalized spacial score (nSPS) is 15.7. The lowest BCUT2D eigenvalue weighted by atomic mass is 10.0. The number of rotatable bonds is 5. The van der Waals surface area contributed by atoms with Crippen molar-refractivity contribution in [1.82, 2.24) is 4.90 Å². The van der Waals surface area contributed by atoms with Crippen molar-refractivity contribution in [2.45, 2.75) is 45.3 Å². The summed E-state index contributed by atoms with van der Waals surface area (Å²) in [5.74, 6) is -1.39. The number of benzene rings is 2. The lowest BCUT2D eigenvalue weighted by Crippen LogP contribution is -2.28. The zero-order valence-electron chi connectivity index (χ0n) is 14.2. The smallest absolute Gasteiger partial charge is 0.504 e. The molecule has 0 aliphatic carbocycles. The third-order valence-electron chi connectivity index (χ3n) is 4.64. The Bertz CT molecular complexity index is 792. The van der Waals surface area contributed by atoms with Gasteiger partial charge in [0.1, 0.15) is 5.82 Å². The first-order chi connectivity index (χ1) is 12.2. The predicted molar refractivity (Wildman–Crippen MR) is 88.2 cm³/mol.